The topological polar surface area (TPSA) is 73.7 Å². The molecule has 0 radical (unpaired) electrons. The summed E-state index contributed by atoms with van der Waals surface area (Å²) in [6.45, 7) is 0. The van der Waals surface area contributed by atoms with Crippen molar-refractivity contribution in [2.75, 3.05) is 14.2 Å². The van der Waals surface area contributed by atoms with Gasteiger partial charge in [0.25, 0.3) is 0 Å². The highest BCUT2D eigenvalue weighted by Crippen LogP contribution is 2.28. The third-order valence-corrected chi connectivity index (χ3v) is 0.937. The van der Waals surface area contributed by atoms with E-state index >= 15 is 0 Å². The SMILES string of the molecule is COP(O)OC.N. The molecule has 46 valence electrons. The summed E-state index contributed by atoms with van der Waals surface area (Å²) in [5.41, 5.74) is 0. The van der Waals surface area contributed by atoms with Gasteiger partial charge >= 0.3 is 8.60 Å². The molecule has 0 rings (SSSR count). The van der Waals surface area contributed by atoms with Gasteiger partial charge in [-0.2, -0.15) is 0 Å². The van der Waals surface area contributed by atoms with Gasteiger partial charge in [-0.1, -0.05) is 0 Å². The highest BCUT2D eigenvalue weighted by atomic mass is 31.2. The summed E-state index contributed by atoms with van der Waals surface area (Å²) >= 11 is 0. The molecule has 0 aromatic heterocycles. The lowest BCUT2D eigenvalue weighted by atomic mass is 11.8. The summed E-state index contributed by atoms with van der Waals surface area (Å²) in [4.78, 5) is 8.29. The molecule has 0 aliphatic heterocycles. The maximum Gasteiger partial charge on any atom is 0.329 e. The Hall–Kier alpha value is 0.270. The number of rotatable bonds is 2. The molecule has 0 bridgehead atoms. The van der Waals surface area contributed by atoms with Crippen LogP contribution >= 0.6 is 8.60 Å². The fourth-order valence-corrected chi connectivity index (χ4v) is 0.224. The largest absolute Gasteiger partial charge is 0.344 e. The van der Waals surface area contributed by atoms with Crippen LogP contribution in [0.4, 0.5) is 0 Å². The first kappa shape index (κ1) is 10.3. The van der Waals surface area contributed by atoms with Crippen LogP contribution in [0.25, 0.3) is 0 Å². The molecule has 4 N–H and O–H groups in total. The Kier molecular flexibility index (Phi) is 9.22. The van der Waals surface area contributed by atoms with Crippen LogP contribution in [0.3, 0.4) is 0 Å². The lowest BCUT2D eigenvalue weighted by Gasteiger charge is -1.98. The Morgan fingerprint density at radius 3 is 1.57 bits per heavy atom. The average Bonchev–Trinajstić information content (AvgIpc) is 1.65. The first-order valence-corrected chi connectivity index (χ1v) is 2.51. The zero-order chi connectivity index (χ0) is 4.99. The molecule has 4 nitrogen and oxygen atoms in total. The Morgan fingerprint density at radius 2 is 1.57 bits per heavy atom. The second-order valence-electron chi connectivity index (χ2n) is 0.603. The van der Waals surface area contributed by atoms with Crippen LogP contribution in [0.5, 0.6) is 0 Å². The maximum absolute atomic E-state index is 8.29. The standard InChI is InChI=1S/C2H7O3P.H3N/c1-4-6(3)5-2;/h3H,1-2H3;1H3. The minimum absolute atomic E-state index is 0. The van der Waals surface area contributed by atoms with Gasteiger partial charge in [0, 0.05) is 14.2 Å². The molecule has 0 unspecified atom stereocenters. The molecule has 0 amide bonds. The van der Waals surface area contributed by atoms with E-state index in [0.29, 0.717) is 0 Å². The van der Waals surface area contributed by atoms with E-state index in [1.807, 2.05) is 0 Å². The number of hydrogen-bond acceptors (Lipinski definition) is 4. The minimum atomic E-state index is -1.58. The van der Waals surface area contributed by atoms with Gasteiger partial charge in [-0.05, 0) is 0 Å². The minimum Gasteiger partial charge on any atom is -0.344 e. The van der Waals surface area contributed by atoms with Crippen LogP contribution in [-0.4, -0.2) is 19.1 Å². The number of hydrogen-bond donors (Lipinski definition) is 2. The van der Waals surface area contributed by atoms with Crippen molar-refractivity contribution in [3.05, 3.63) is 0 Å². The van der Waals surface area contributed by atoms with Crippen molar-refractivity contribution >= 4 is 8.60 Å². The molecular formula is C2H10NO3P. The highest BCUT2D eigenvalue weighted by Gasteiger charge is 1.94. The lowest BCUT2D eigenvalue weighted by Crippen LogP contribution is -1.75. The zero-order valence-electron chi connectivity index (χ0n) is 4.42. The third kappa shape index (κ3) is 6.27. The van der Waals surface area contributed by atoms with Crippen molar-refractivity contribution in [1.82, 2.24) is 6.15 Å². The Balaban J connectivity index is 0. The summed E-state index contributed by atoms with van der Waals surface area (Å²) in [6.07, 6.45) is 0. The predicted molar refractivity (Wildman–Crippen MR) is 28.2 cm³/mol. The summed E-state index contributed by atoms with van der Waals surface area (Å²) < 4.78 is 8.59. The molecule has 0 aliphatic carbocycles. The normalized spacial score (nSPS) is 8.57. The van der Waals surface area contributed by atoms with Crippen LogP contribution in [0.1, 0.15) is 0 Å². The van der Waals surface area contributed by atoms with Crippen molar-refractivity contribution in [3.63, 3.8) is 0 Å². The molecule has 0 heterocycles. The molecule has 0 saturated carbocycles. The molecule has 0 aromatic rings. The van der Waals surface area contributed by atoms with Crippen LogP contribution in [0, 0.1) is 0 Å². The van der Waals surface area contributed by atoms with E-state index in [1.165, 1.54) is 14.2 Å². The fraction of sp³-hybridized carbons (Fsp3) is 1.00. The highest BCUT2D eigenvalue weighted by molar-refractivity contribution is 7.40. The first-order chi connectivity index (χ1) is 2.81. The zero-order valence-corrected chi connectivity index (χ0v) is 5.31. The first-order valence-electron chi connectivity index (χ1n) is 1.38. The molecule has 0 aromatic carbocycles. The monoisotopic (exact) mass is 127 g/mol. The van der Waals surface area contributed by atoms with Gasteiger partial charge in [0.15, 0.2) is 0 Å². The van der Waals surface area contributed by atoms with Gasteiger partial charge in [0.05, 0.1) is 0 Å². The van der Waals surface area contributed by atoms with E-state index in [-0.39, 0.29) is 6.15 Å². The van der Waals surface area contributed by atoms with Gasteiger partial charge in [0.1, 0.15) is 0 Å². The van der Waals surface area contributed by atoms with E-state index < -0.39 is 8.60 Å². The second kappa shape index (κ2) is 6.27. The van der Waals surface area contributed by atoms with E-state index in [4.69, 9.17) is 4.89 Å². The van der Waals surface area contributed by atoms with Gasteiger partial charge in [-0.25, -0.2) is 0 Å². The van der Waals surface area contributed by atoms with Crippen LogP contribution in [0.2, 0.25) is 0 Å². The maximum atomic E-state index is 8.29. The fourth-order valence-electron chi connectivity index (χ4n) is 0.0745. The van der Waals surface area contributed by atoms with Crippen molar-refractivity contribution in [2.45, 2.75) is 0 Å². The van der Waals surface area contributed by atoms with Crippen molar-refractivity contribution in [2.24, 2.45) is 0 Å². The molecule has 0 aliphatic rings. The molecular weight excluding hydrogens is 117 g/mol. The Bertz CT molecular complexity index is 32.1. The van der Waals surface area contributed by atoms with Gasteiger partial charge in [0.2, 0.25) is 0 Å². The summed E-state index contributed by atoms with van der Waals surface area (Å²) in [7, 11) is 1.19. The molecule has 0 fully saturated rings. The van der Waals surface area contributed by atoms with Crippen LogP contribution in [0.15, 0.2) is 0 Å². The van der Waals surface area contributed by atoms with Crippen LogP contribution in [-0.2, 0) is 9.05 Å². The van der Waals surface area contributed by atoms with Crippen molar-refractivity contribution < 1.29 is 13.9 Å². The summed E-state index contributed by atoms with van der Waals surface area (Å²) in [5, 5.41) is 0. The van der Waals surface area contributed by atoms with Crippen molar-refractivity contribution in [1.29, 1.82) is 0 Å². The van der Waals surface area contributed by atoms with Gasteiger partial charge < -0.3 is 20.1 Å². The smallest absolute Gasteiger partial charge is 0.329 e. The lowest BCUT2D eigenvalue weighted by molar-refractivity contribution is 0.271. The molecule has 0 saturated heterocycles. The van der Waals surface area contributed by atoms with E-state index in [1.54, 1.807) is 0 Å². The van der Waals surface area contributed by atoms with E-state index in [9.17, 15) is 0 Å². The quantitative estimate of drug-likeness (QED) is 0.534. The molecule has 0 atom stereocenters. The second-order valence-corrected chi connectivity index (χ2v) is 1.81. The van der Waals surface area contributed by atoms with E-state index in [0.717, 1.165) is 0 Å². The van der Waals surface area contributed by atoms with E-state index in [2.05, 4.69) is 9.05 Å². The Morgan fingerprint density at radius 1 is 1.29 bits per heavy atom. The molecule has 0 spiro atoms. The van der Waals surface area contributed by atoms with Gasteiger partial charge in [-0.15, -0.1) is 0 Å². The average molecular weight is 127 g/mol. The van der Waals surface area contributed by atoms with Crippen molar-refractivity contribution in [3.8, 4) is 0 Å². The van der Waals surface area contributed by atoms with Crippen LogP contribution < -0.4 is 6.15 Å². The van der Waals surface area contributed by atoms with Gasteiger partial charge in [-0.3, -0.25) is 0 Å². The summed E-state index contributed by atoms with van der Waals surface area (Å²) in [5.74, 6) is 0. The summed E-state index contributed by atoms with van der Waals surface area (Å²) in [6, 6.07) is 0. The third-order valence-electron chi connectivity index (χ3n) is 0.312. The predicted octanol–water partition coefficient (Wildman–Crippen LogP) is 0.660. The molecule has 7 heavy (non-hydrogen) atoms. The Labute approximate surface area is 44.0 Å². The molecule has 5 heteroatoms.